The van der Waals surface area contributed by atoms with Crippen LogP contribution in [0.15, 0.2) is 0 Å². The fraction of sp³-hybridized carbons (Fsp3) is 1.00. The summed E-state index contributed by atoms with van der Waals surface area (Å²) < 4.78 is 0. The molecule has 0 aromatic carbocycles. The van der Waals surface area contributed by atoms with Gasteiger partial charge in [0.1, 0.15) is 0 Å². The minimum atomic E-state index is 0.769. The van der Waals surface area contributed by atoms with E-state index < -0.39 is 0 Å². The van der Waals surface area contributed by atoms with E-state index in [9.17, 15) is 0 Å². The molecule has 0 amide bonds. The maximum atomic E-state index is 3.94. The third-order valence-electron chi connectivity index (χ3n) is 4.59. The van der Waals surface area contributed by atoms with Gasteiger partial charge in [0.2, 0.25) is 0 Å². The van der Waals surface area contributed by atoms with Crippen molar-refractivity contribution in [3.63, 3.8) is 0 Å². The maximum absolute atomic E-state index is 3.94. The molecule has 2 heteroatoms. The average molecular weight is 224 g/mol. The highest BCUT2D eigenvalue weighted by Crippen LogP contribution is 2.29. The summed E-state index contributed by atoms with van der Waals surface area (Å²) in [4.78, 5) is 2.59. The molecule has 1 saturated carbocycles. The van der Waals surface area contributed by atoms with Crippen LogP contribution < -0.4 is 5.32 Å². The van der Waals surface area contributed by atoms with Crippen molar-refractivity contribution >= 4 is 0 Å². The summed E-state index contributed by atoms with van der Waals surface area (Å²) >= 11 is 0. The average Bonchev–Trinajstić information content (AvgIpc) is 2.76. The Morgan fingerprint density at radius 2 is 2.00 bits per heavy atom. The molecule has 2 nitrogen and oxygen atoms in total. The normalized spacial score (nSPS) is 36.8. The van der Waals surface area contributed by atoms with Crippen LogP contribution in [0.5, 0.6) is 0 Å². The summed E-state index contributed by atoms with van der Waals surface area (Å²) in [6.45, 7) is 8.46. The first-order valence-electron chi connectivity index (χ1n) is 7.31. The quantitative estimate of drug-likeness (QED) is 0.790. The van der Waals surface area contributed by atoms with Crippen LogP contribution in [0.1, 0.15) is 52.4 Å². The van der Waals surface area contributed by atoms with E-state index >= 15 is 0 Å². The molecule has 3 unspecified atom stereocenters. The number of piperidine rings is 1. The smallest absolute Gasteiger partial charge is 0.0198 e. The second kappa shape index (κ2) is 6.02. The van der Waals surface area contributed by atoms with Gasteiger partial charge in [-0.1, -0.05) is 26.7 Å². The molecule has 2 rings (SSSR count). The molecule has 0 bridgehead atoms. The van der Waals surface area contributed by atoms with Crippen molar-refractivity contribution in [2.45, 2.75) is 64.5 Å². The van der Waals surface area contributed by atoms with E-state index in [0.717, 1.165) is 18.0 Å². The van der Waals surface area contributed by atoms with E-state index in [2.05, 4.69) is 24.1 Å². The third kappa shape index (κ3) is 2.98. The van der Waals surface area contributed by atoms with Crippen molar-refractivity contribution in [2.24, 2.45) is 5.92 Å². The lowest BCUT2D eigenvalue weighted by Crippen LogP contribution is -2.49. The number of nitrogens with one attached hydrogen (secondary N) is 1. The van der Waals surface area contributed by atoms with Crippen molar-refractivity contribution in [3.8, 4) is 0 Å². The van der Waals surface area contributed by atoms with Crippen LogP contribution in [0.2, 0.25) is 0 Å². The van der Waals surface area contributed by atoms with Gasteiger partial charge in [-0.2, -0.15) is 0 Å². The number of hydrogen-bond donors (Lipinski definition) is 1. The Kier molecular flexibility index (Phi) is 4.66. The largest absolute Gasteiger partial charge is 0.310 e. The molecule has 16 heavy (non-hydrogen) atoms. The molecule has 94 valence electrons. The lowest BCUT2D eigenvalue weighted by atomic mass is 9.98. The summed E-state index contributed by atoms with van der Waals surface area (Å²) in [5.41, 5.74) is 0. The maximum Gasteiger partial charge on any atom is 0.0198 e. The minimum Gasteiger partial charge on any atom is -0.310 e. The van der Waals surface area contributed by atoms with Crippen molar-refractivity contribution in [1.29, 1.82) is 0 Å². The van der Waals surface area contributed by atoms with Crippen LogP contribution >= 0.6 is 0 Å². The first-order chi connectivity index (χ1) is 7.83. The SMILES string of the molecule is CCC1CCCC1NC1CCCN(CC)C1. The molecular formula is C14H28N2. The highest BCUT2D eigenvalue weighted by atomic mass is 15.2. The van der Waals surface area contributed by atoms with Gasteiger partial charge in [0.05, 0.1) is 0 Å². The second-order valence-corrected chi connectivity index (χ2v) is 5.60. The summed E-state index contributed by atoms with van der Waals surface area (Å²) in [5.74, 6) is 0.956. The zero-order valence-electron chi connectivity index (χ0n) is 11.0. The van der Waals surface area contributed by atoms with Crippen molar-refractivity contribution in [1.82, 2.24) is 10.2 Å². The molecule has 2 aliphatic rings. The predicted octanol–water partition coefficient (Wildman–Crippen LogP) is 2.64. The molecule has 1 aliphatic heterocycles. The highest BCUT2D eigenvalue weighted by Gasteiger charge is 2.29. The highest BCUT2D eigenvalue weighted by molar-refractivity contribution is 4.87. The van der Waals surface area contributed by atoms with E-state index in [4.69, 9.17) is 0 Å². The standard InChI is InChI=1S/C14H28N2/c1-3-12-7-5-9-14(12)15-13-8-6-10-16(4-2)11-13/h12-15H,3-11H2,1-2H3. The summed E-state index contributed by atoms with van der Waals surface area (Å²) in [6, 6.07) is 1.60. The summed E-state index contributed by atoms with van der Waals surface area (Å²) in [5, 5.41) is 3.94. The number of hydrogen-bond acceptors (Lipinski definition) is 2. The van der Waals surface area contributed by atoms with Crippen LogP contribution in [0.25, 0.3) is 0 Å². The number of rotatable bonds is 4. The third-order valence-corrected chi connectivity index (χ3v) is 4.59. The fourth-order valence-corrected chi connectivity index (χ4v) is 3.53. The van der Waals surface area contributed by atoms with Gasteiger partial charge in [0, 0.05) is 18.6 Å². The zero-order chi connectivity index (χ0) is 11.4. The monoisotopic (exact) mass is 224 g/mol. The number of likely N-dealkylation sites (tertiary alicyclic amines) is 1. The van der Waals surface area contributed by atoms with Crippen molar-refractivity contribution in [3.05, 3.63) is 0 Å². The summed E-state index contributed by atoms with van der Waals surface area (Å²) in [7, 11) is 0. The Morgan fingerprint density at radius 3 is 2.75 bits per heavy atom. The predicted molar refractivity (Wildman–Crippen MR) is 69.7 cm³/mol. The van der Waals surface area contributed by atoms with Crippen molar-refractivity contribution in [2.75, 3.05) is 19.6 Å². The molecule has 1 saturated heterocycles. The lowest BCUT2D eigenvalue weighted by Gasteiger charge is -2.35. The molecule has 0 aromatic heterocycles. The molecular weight excluding hydrogens is 196 g/mol. The first kappa shape index (κ1) is 12.4. The van der Waals surface area contributed by atoms with E-state index in [1.54, 1.807) is 0 Å². The molecule has 2 fully saturated rings. The molecule has 1 heterocycles. The Labute approximate surface area is 101 Å². The van der Waals surface area contributed by atoms with Crippen LogP contribution in [0.4, 0.5) is 0 Å². The van der Waals surface area contributed by atoms with Gasteiger partial charge >= 0.3 is 0 Å². The van der Waals surface area contributed by atoms with E-state index in [0.29, 0.717) is 0 Å². The molecule has 1 N–H and O–H groups in total. The molecule has 0 spiro atoms. The Balaban J connectivity index is 1.79. The van der Waals surface area contributed by atoms with Gasteiger partial charge in [-0.25, -0.2) is 0 Å². The van der Waals surface area contributed by atoms with E-state index in [-0.39, 0.29) is 0 Å². The Morgan fingerprint density at radius 1 is 1.12 bits per heavy atom. The van der Waals surface area contributed by atoms with Gasteiger partial charge in [0.25, 0.3) is 0 Å². The topological polar surface area (TPSA) is 15.3 Å². The zero-order valence-corrected chi connectivity index (χ0v) is 11.0. The number of nitrogens with zero attached hydrogens (tertiary/aromatic N) is 1. The summed E-state index contributed by atoms with van der Waals surface area (Å²) in [6.07, 6.45) is 8.46. The van der Waals surface area contributed by atoms with Crippen LogP contribution in [-0.2, 0) is 0 Å². The molecule has 0 radical (unpaired) electrons. The Hall–Kier alpha value is -0.0800. The number of likely N-dealkylation sites (N-methyl/N-ethyl adjacent to an activating group) is 1. The first-order valence-corrected chi connectivity index (χ1v) is 7.31. The fourth-order valence-electron chi connectivity index (χ4n) is 3.53. The Bertz CT molecular complexity index is 205. The van der Waals surface area contributed by atoms with Gasteiger partial charge in [-0.05, 0) is 44.7 Å². The van der Waals surface area contributed by atoms with Crippen LogP contribution in [0, 0.1) is 5.92 Å². The molecule has 0 aromatic rings. The minimum absolute atomic E-state index is 0.769. The van der Waals surface area contributed by atoms with E-state index in [1.165, 1.54) is 58.2 Å². The van der Waals surface area contributed by atoms with Gasteiger partial charge in [-0.15, -0.1) is 0 Å². The van der Waals surface area contributed by atoms with E-state index in [1.807, 2.05) is 0 Å². The second-order valence-electron chi connectivity index (χ2n) is 5.60. The molecule has 1 aliphatic carbocycles. The lowest BCUT2D eigenvalue weighted by molar-refractivity contribution is 0.183. The van der Waals surface area contributed by atoms with Crippen molar-refractivity contribution < 1.29 is 0 Å². The van der Waals surface area contributed by atoms with Crippen LogP contribution in [0.3, 0.4) is 0 Å². The van der Waals surface area contributed by atoms with Gasteiger partial charge < -0.3 is 10.2 Å². The van der Waals surface area contributed by atoms with Gasteiger partial charge in [-0.3, -0.25) is 0 Å². The van der Waals surface area contributed by atoms with Crippen LogP contribution in [-0.4, -0.2) is 36.6 Å². The van der Waals surface area contributed by atoms with Gasteiger partial charge in [0.15, 0.2) is 0 Å². The molecule has 3 atom stereocenters.